The molecular formula is C39H50N6O11. The van der Waals surface area contributed by atoms with E-state index >= 15 is 0 Å². The normalized spacial score (nSPS) is 21.4. The van der Waals surface area contributed by atoms with Crippen molar-refractivity contribution in [1.29, 1.82) is 5.26 Å². The summed E-state index contributed by atoms with van der Waals surface area (Å²) in [6.45, 7) is 6.41. The van der Waals surface area contributed by atoms with Gasteiger partial charge in [0.15, 0.2) is 18.5 Å². The van der Waals surface area contributed by atoms with Crippen LogP contribution < -0.4 is 10.2 Å². The third-order valence-electron chi connectivity index (χ3n) is 9.18. The Balaban J connectivity index is 0.939. The quantitative estimate of drug-likeness (QED) is 0.0775. The number of methoxy groups -OCH3 is 1. The average molecular weight is 779 g/mol. The van der Waals surface area contributed by atoms with Crippen LogP contribution in [-0.4, -0.2) is 128 Å². The predicted molar refractivity (Wildman–Crippen MR) is 201 cm³/mol. The highest BCUT2D eigenvalue weighted by Gasteiger charge is 2.49. The number of aliphatic hydroxyl groups excluding tert-OH is 1. The van der Waals surface area contributed by atoms with Crippen molar-refractivity contribution in [1.82, 2.24) is 20.3 Å². The van der Waals surface area contributed by atoms with E-state index in [4.69, 9.17) is 33.2 Å². The summed E-state index contributed by atoms with van der Waals surface area (Å²) in [7, 11) is 1.34. The first-order valence-electron chi connectivity index (χ1n) is 18.7. The number of amides is 1. The van der Waals surface area contributed by atoms with Gasteiger partial charge in [0.25, 0.3) is 5.91 Å². The van der Waals surface area contributed by atoms with Crippen LogP contribution in [0.2, 0.25) is 0 Å². The number of nitrogens with zero attached hydrogens (tertiary/aromatic N) is 5. The van der Waals surface area contributed by atoms with Gasteiger partial charge in [0.05, 0.1) is 52.4 Å². The molecule has 0 radical (unpaired) electrons. The number of nitriles is 1. The lowest BCUT2D eigenvalue weighted by molar-refractivity contribution is -0.298. The van der Waals surface area contributed by atoms with E-state index in [1.165, 1.54) is 50.6 Å². The second kappa shape index (κ2) is 21.4. The topological polar surface area (TPSA) is 206 Å². The number of ether oxygens (including phenoxy) is 7. The SMILES string of the molecule is COC1OC(Cn2cc(COCCOCCOCCNC(=O)/C(C#N)=C/c3ccc4cc(N5CCCCC5)ccc4c3)nn2)C(O)C(OC(C)=O)C1OC(C)=O. The number of nitrogens with one attached hydrogen (secondary N) is 1. The van der Waals surface area contributed by atoms with Crippen LogP contribution in [0, 0.1) is 11.3 Å². The summed E-state index contributed by atoms with van der Waals surface area (Å²) in [6, 6.07) is 14.3. The van der Waals surface area contributed by atoms with Crippen LogP contribution in [-0.2, 0) is 60.7 Å². The van der Waals surface area contributed by atoms with Crippen LogP contribution in [0.4, 0.5) is 5.69 Å². The number of fused-ring (bicyclic) bond motifs is 1. The maximum Gasteiger partial charge on any atom is 0.303 e. The van der Waals surface area contributed by atoms with Crippen LogP contribution in [0.5, 0.6) is 0 Å². The zero-order valence-corrected chi connectivity index (χ0v) is 32.0. The molecule has 2 aromatic carbocycles. The van der Waals surface area contributed by atoms with Crippen LogP contribution in [0.25, 0.3) is 16.8 Å². The van der Waals surface area contributed by atoms with Gasteiger partial charge in [-0.2, -0.15) is 5.26 Å². The standard InChI is InChI=1S/C39H50N6O11/c1-26(46)54-36-35(48)34(56-39(50-3)37(36)55-27(2)47)24-45-23-32(42-43-45)25-53-18-17-52-16-15-51-14-11-41-38(49)31(22-40)20-28-7-8-30-21-33(10-9-29(30)19-28)44-12-5-4-6-13-44/h7-10,19-21,23,34-37,39,48H,4-6,11-18,24-25H2,1-3H3,(H,41,49)/b31-20+. The van der Waals surface area contributed by atoms with E-state index in [1.54, 1.807) is 12.3 Å². The minimum absolute atomic E-state index is 0.0162. The Bertz CT molecular complexity index is 1840. The minimum atomic E-state index is -1.35. The Morgan fingerprint density at radius 2 is 1.62 bits per heavy atom. The predicted octanol–water partition coefficient (Wildman–Crippen LogP) is 2.29. The van der Waals surface area contributed by atoms with Crippen molar-refractivity contribution in [3.63, 3.8) is 0 Å². The maximum atomic E-state index is 12.7. The summed E-state index contributed by atoms with van der Waals surface area (Å²) in [4.78, 5) is 38.4. The first kappa shape index (κ1) is 42.2. The van der Waals surface area contributed by atoms with E-state index in [9.17, 15) is 24.8 Å². The lowest BCUT2D eigenvalue weighted by Crippen LogP contribution is -2.61. The monoisotopic (exact) mass is 778 g/mol. The molecule has 0 aliphatic carbocycles. The summed E-state index contributed by atoms with van der Waals surface area (Å²) in [5.41, 5.74) is 2.54. The third-order valence-corrected chi connectivity index (χ3v) is 9.18. The van der Waals surface area contributed by atoms with Crippen molar-refractivity contribution in [2.75, 3.05) is 64.7 Å². The van der Waals surface area contributed by atoms with E-state index in [2.05, 4.69) is 38.7 Å². The van der Waals surface area contributed by atoms with Crippen molar-refractivity contribution in [2.24, 2.45) is 0 Å². The molecule has 5 unspecified atom stereocenters. The van der Waals surface area contributed by atoms with Crippen LogP contribution in [0.3, 0.4) is 0 Å². The summed E-state index contributed by atoms with van der Waals surface area (Å²) in [5.74, 6) is -1.79. The molecule has 2 aliphatic rings. The van der Waals surface area contributed by atoms with Gasteiger partial charge in [-0.3, -0.25) is 14.4 Å². The Morgan fingerprint density at radius 1 is 0.946 bits per heavy atom. The number of rotatable bonds is 19. The molecule has 2 N–H and O–H groups in total. The van der Waals surface area contributed by atoms with Gasteiger partial charge >= 0.3 is 11.9 Å². The van der Waals surface area contributed by atoms with Gasteiger partial charge in [-0.25, -0.2) is 4.68 Å². The fourth-order valence-electron chi connectivity index (χ4n) is 6.51. The summed E-state index contributed by atoms with van der Waals surface area (Å²) in [5, 5.41) is 33.6. The Hall–Kier alpha value is -4.96. The molecule has 1 amide bonds. The molecule has 302 valence electrons. The van der Waals surface area contributed by atoms with Crippen LogP contribution in [0.1, 0.15) is 44.4 Å². The molecule has 2 fully saturated rings. The number of aromatic nitrogens is 3. The molecule has 5 rings (SSSR count). The highest BCUT2D eigenvalue weighted by atomic mass is 16.7. The summed E-state index contributed by atoms with van der Waals surface area (Å²) in [6.07, 6.45) is 1.17. The van der Waals surface area contributed by atoms with Gasteiger partial charge in [-0.1, -0.05) is 23.4 Å². The summed E-state index contributed by atoms with van der Waals surface area (Å²) >= 11 is 0. The Kier molecular flexibility index (Phi) is 16.1. The van der Waals surface area contributed by atoms with E-state index in [1.807, 2.05) is 24.3 Å². The van der Waals surface area contributed by atoms with Crippen molar-refractivity contribution in [3.05, 3.63) is 59.4 Å². The molecule has 0 spiro atoms. The number of hydrogen-bond donors (Lipinski definition) is 2. The Morgan fingerprint density at radius 3 is 2.34 bits per heavy atom. The number of piperidine rings is 1. The first-order chi connectivity index (χ1) is 27.1. The lowest BCUT2D eigenvalue weighted by Gasteiger charge is -2.42. The molecule has 56 heavy (non-hydrogen) atoms. The van der Waals surface area contributed by atoms with E-state index in [0.29, 0.717) is 25.5 Å². The zero-order chi connectivity index (χ0) is 39.9. The van der Waals surface area contributed by atoms with Crippen molar-refractivity contribution in [3.8, 4) is 6.07 Å². The number of hydrogen-bond acceptors (Lipinski definition) is 15. The molecule has 1 aromatic heterocycles. The van der Waals surface area contributed by atoms with Gasteiger partial charge in [0.1, 0.15) is 29.5 Å². The molecule has 3 heterocycles. The molecule has 2 saturated heterocycles. The van der Waals surface area contributed by atoms with Gasteiger partial charge < -0.3 is 48.5 Å². The van der Waals surface area contributed by atoms with Gasteiger partial charge in [0, 0.05) is 46.3 Å². The molecular weight excluding hydrogens is 728 g/mol. The van der Waals surface area contributed by atoms with Gasteiger partial charge in [-0.05, 0) is 59.9 Å². The van der Waals surface area contributed by atoms with E-state index in [-0.39, 0.29) is 38.5 Å². The summed E-state index contributed by atoms with van der Waals surface area (Å²) < 4.78 is 39.7. The fraction of sp³-hybridized carbons (Fsp3) is 0.538. The third kappa shape index (κ3) is 12.3. The Labute approximate surface area is 325 Å². The minimum Gasteiger partial charge on any atom is -0.455 e. The highest BCUT2D eigenvalue weighted by Crippen LogP contribution is 2.28. The number of aliphatic hydroxyl groups is 1. The number of benzene rings is 2. The lowest BCUT2D eigenvalue weighted by atomic mass is 9.98. The molecule has 0 saturated carbocycles. The molecule has 2 aliphatic heterocycles. The second-order valence-corrected chi connectivity index (χ2v) is 13.4. The van der Waals surface area contributed by atoms with Crippen molar-refractivity contribution < 1.29 is 52.6 Å². The molecule has 17 nitrogen and oxygen atoms in total. The van der Waals surface area contributed by atoms with Crippen LogP contribution >= 0.6 is 0 Å². The number of carbonyl (C=O) groups is 3. The van der Waals surface area contributed by atoms with E-state index in [0.717, 1.165) is 29.4 Å². The molecule has 0 bridgehead atoms. The zero-order valence-electron chi connectivity index (χ0n) is 32.0. The second-order valence-electron chi connectivity index (χ2n) is 13.4. The van der Waals surface area contributed by atoms with Crippen LogP contribution in [0.15, 0.2) is 48.2 Å². The van der Waals surface area contributed by atoms with E-state index < -0.39 is 48.6 Å². The molecule has 3 aromatic rings. The van der Waals surface area contributed by atoms with Gasteiger partial charge in [-0.15, -0.1) is 5.10 Å². The number of carbonyl (C=O) groups excluding carboxylic acids is 3. The average Bonchev–Trinajstić information content (AvgIpc) is 3.65. The smallest absolute Gasteiger partial charge is 0.303 e. The highest BCUT2D eigenvalue weighted by molar-refractivity contribution is 6.02. The van der Waals surface area contributed by atoms with Gasteiger partial charge in [0.2, 0.25) is 0 Å². The molecule has 17 heteroatoms. The van der Waals surface area contributed by atoms with Crippen molar-refractivity contribution >= 4 is 40.4 Å². The van der Waals surface area contributed by atoms with Crippen molar-refractivity contribution in [2.45, 2.75) is 77.0 Å². The first-order valence-corrected chi connectivity index (χ1v) is 18.7. The fourth-order valence-corrected chi connectivity index (χ4v) is 6.51. The maximum absolute atomic E-state index is 12.7. The largest absolute Gasteiger partial charge is 0.455 e. The number of anilines is 1. The number of esters is 2. The molecule has 5 atom stereocenters.